The number of thiocarbonyl (C=S) groups is 1. The number of sulfonamides is 1. The summed E-state index contributed by atoms with van der Waals surface area (Å²) in [4.78, 5) is 11.9. The van der Waals surface area contributed by atoms with Crippen LogP contribution in [0.3, 0.4) is 0 Å². The van der Waals surface area contributed by atoms with E-state index in [1.807, 2.05) is 6.92 Å². The largest absolute Gasteiger partial charge is 0.362 e. The molecule has 0 aliphatic heterocycles. The summed E-state index contributed by atoms with van der Waals surface area (Å²) < 4.78 is 26.9. The molecule has 1 aromatic heterocycles. The van der Waals surface area contributed by atoms with E-state index in [1.54, 1.807) is 11.4 Å². The molecule has 128 valence electrons. The molecule has 2 rings (SSSR count). The van der Waals surface area contributed by atoms with Crippen LogP contribution in [0.1, 0.15) is 17.3 Å². The highest BCUT2D eigenvalue weighted by molar-refractivity contribution is 7.94. The normalized spacial score (nSPS) is 10.7. The summed E-state index contributed by atoms with van der Waals surface area (Å²) in [5.41, 5.74) is 5.74. The second-order valence-corrected chi connectivity index (χ2v) is 7.82. The van der Waals surface area contributed by atoms with E-state index in [0.29, 0.717) is 22.9 Å². The summed E-state index contributed by atoms with van der Waals surface area (Å²) in [5.74, 6) is -0.386. The Kier molecular flexibility index (Phi) is 6.12. The molecule has 0 aliphatic carbocycles. The molecule has 0 saturated heterocycles. The Balaban J connectivity index is 1.98. The number of nitrogens with one attached hydrogen (secondary N) is 4. The van der Waals surface area contributed by atoms with Crippen LogP contribution in [-0.2, 0) is 10.0 Å². The lowest BCUT2D eigenvalue weighted by molar-refractivity contribution is 0.0943. The second kappa shape index (κ2) is 8.08. The zero-order chi connectivity index (χ0) is 17.6. The molecule has 0 radical (unpaired) electrons. The van der Waals surface area contributed by atoms with Gasteiger partial charge in [-0.1, -0.05) is 6.07 Å². The molecule has 0 aliphatic rings. The van der Waals surface area contributed by atoms with Gasteiger partial charge in [-0.15, -0.1) is 11.3 Å². The fraction of sp³-hybridized carbons (Fsp3) is 0.143. The van der Waals surface area contributed by atoms with E-state index < -0.39 is 10.0 Å². The van der Waals surface area contributed by atoms with Crippen LogP contribution in [0.2, 0.25) is 0 Å². The van der Waals surface area contributed by atoms with E-state index in [-0.39, 0.29) is 10.1 Å². The summed E-state index contributed by atoms with van der Waals surface area (Å²) in [7, 11) is -3.60. The third kappa shape index (κ3) is 4.91. The number of anilines is 1. The van der Waals surface area contributed by atoms with E-state index in [2.05, 4.69) is 20.9 Å². The average Bonchev–Trinajstić information content (AvgIpc) is 3.09. The highest BCUT2D eigenvalue weighted by Crippen LogP contribution is 2.20. The maximum atomic E-state index is 12.1. The van der Waals surface area contributed by atoms with Gasteiger partial charge in [0, 0.05) is 17.8 Å². The van der Waals surface area contributed by atoms with Crippen molar-refractivity contribution in [3.05, 3.63) is 47.3 Å². The number of hydrogen-bond donors (Lipinski definition) is 4. The molecule has 0 spiro atoms. The summed E-state index contributed by atoms with van der Waals surface area (Å²) in [5, 5.41) is 4.83. The smallest absolute Gasteiger partial charge is 0.271 e. The van der Waals surface area contributed by atoms with Gasteiger partial charge in [0.1, 0.15) is 4.21 Å². The van der Waals surface area contributed by atoms with Crippen LogP contribution in [0, 0.1) is 0 Å². The van der Waals surface area contributed by atoms with Crippen LogP contribution in [0.4, 0.5) is 5.69 Å². The first-order valence-electron chi connectivity index (χ1n) is 6.93. The number of hydrogen-bond acceptors (Lipinski definition) is 5. The summed E-state index contributed by atoms with van der Waals surface area (Å²) in [6.07, 6.45) is 0. The zero-order valence-electron chi connectivity index (χ0n) is 12.7. The molecule has 10 heteroatoms. The first-order valence-corrected chi connectivity index (χ1v) is 9.70. The van der Waals surface area contributed by atoms with Gasteiger partial charge in [-0.25, -0.2) is 8.42 Å². The molecule has 0 bridgehead atoms. The molecule has 0 saturated carbocycles. The van der Waals surface area contributed by atoms with Gasteiger partial charge in [-0.05, 0) is 54.9 Å². The number of rotatable bonds is 5. The van der Waals surface area contributed by atoms with Gasteiger partial charge in [-0.3, -0.25) is 20.4 Å². The van der Waals surface area contributed by atoms with Crippen molar-refractivity contribution in [3.63, 3.8) is 0 Å². The van der Waals surface area contributed by atoms with Gasteiger partial charge in [-0.2, -0.15) is 0 Å². The Morgan fingerprint density at radius 3 is 2.46 bits per heavy atom. The number of benzene rings is 1. The molecular formula is C14H16N4O3S3. The van der Waals surface area contributed by atoms with Crippen molar-refractivity contribution in [1.29, 1.82) is 0 Å². The minimum atomic E-state index is -3.60. The first-order chi connectivity index (χ1) is 11.4. The Morgan fingerprint density at radius 2 is 1.88 bits per heavy atom. The van der Waals surface area contributed by atoms with E-state index >= 15 is 0 Å². The zero-order valence-corrected chi connectivity index (χ0v) is 15.1. The van der Waals surface area contributed by atoms with Crippen molar-refractivity contribution in [3.8, 4) is 0 Å². The predicted molar refractivity (Wildman–Crippen MR) is 98.4 cm³/mol. The maximum Gasteiger partial charge on any atom is 0.271 e. The fourth-order valence-corrected chi connectivity index (χ4v) is 3.95. The van der Waals surface area contributed by atoms with E-state index in [0.717, 1.165) is 11.3 Å². The van der Waals surface area contributed by atoms with Crippen LogP contribution < -0.4 is 20.9 Å². The van der Waals surface area contributed by atoms with Crippen LogP contribution in [-0.4, -0.2) is 26.0 Å². The lowest BCUT2D eigenvalue weighted by Crippen LogP contribution is -2.46. The minimum Gasteiger partial charge on any atom is -0.362 e. The minimum absolute atomic E-state index is 0.227. The molecule has 2 aromatic rings. The quantitative estimate of drug-likeness (QED) is 0.462. The molecule has 0 atom stereocenters. The highest BCUT2D eigenvalue weighted by Gasteiger charge is 2.15. The SMILES string of the molecule is CCNC(=S)NNC(=O)c1ccc(NS(=O)(=O)c2cccs2)cc1. The van der Waals surface area contributed by atoms with Crippen molar-refractivity contribution in [2.45, 2.75) is 11.1 Å². The lowest BCUT2D eigenvalue weighted by Gasteiger charge is -2.11. The molecule has 24 heavy (non-hydrogen) atoms. The molecular weight excluding hydrogens is 368 g/mol. The molecule has 1 heterocycles. The third-order valence-corrected chi connectivity index (χ3v) is 5.81. The van der Waals surface area contributed by atoms with Crippen molar-refractivity contribution in [2.75, 3.05) is 11.3 Å². The summed E-state index contributed by atoms with van der Waals surface area (Å²) in [6.45, 7) is 2.52. The molecule has 1 amide bonds. The number of hydrazine groups is 1. The lowest BCUT2D eigenvalue weighted by atomic mass is 10.2. The number of amides is 1. The van der Waals surface area contributed by atoms with Crippen molar-refractivity contribution >= 4 is 50.3 Å². The standard InChI is InChI=1S/C14H16N4O3S3/c1-2-15-14(22)17-16-13(19)10-5-7-11(8-6-10)18-24(20,21)12-4-3-9-23-12/h3-9,18H,2H2,1H3,(H,16,19)(H2,15,17,22). The van der Waals surface area contributed by atoms with Gasteiger partial charge in [0.25, 0.3) is 15.9 Å². The Labute approximate surface area is 149 Å². The van der Waals surface area contributed by atoms with Gasteiger partial charge in [0.2, 0.25) is 0 Å². The Hall–Kier alpha value is -2.17. The average molecular weight is 385 g/mol. The van der Waals surface area contributed by atoms with Gasteiger partial charge >= 0.3 is 0 Å². The summed E-state index contributed by atoms with van der Waals surface area (Å²) >= 11 is 6.06. The first kappa shape index (κ1) is 18.2. The van der Waals surface area contributed by atoms with Gasteiger partial charge in [0.05, 0.1) is 0 Å². The van der Waals surface area contributed by atoms with Crippen LogP contribution in [0.25, 0.3) is 0 Å². The highest BCUT2D eigenvalue weighted by atomic mass is 32.2. The van der Waals surface area contributed by atoms with Gasteiger partial charge < -0.3 is 5.32 Å². The summed E-state index contributed by atoms with van der Waals surface area (Å²) in [6, 6.07) is 9.25. The maximum absolute atomic E-state index is 12.1. The van der Waals surface area contributed by atoms with E-state index in [4.69, 9.17) is 12.2 Å². The Bertz CT molecular complexity index is 802. The molecule has 1 aromatic carbocycles. The third-order valence-electron chi connectivity index (χ3n) is 2.79. The number of thiophene rings is 1. The monoisotopic (exact) mass is 384 g/mol. The predicted octanol–water partition coefficient (Wildman–Crippen LogP) is 1.68. The topological polar surface area (TPSA) is 99.3 Å². The van der Waals surface area contributed by atoms with E-state index in [9.17, 15) is 13.2 Å². The van der Waals surface area contributed by atoms with Crippen molar-refractivity contribution < 1.29 is 13.2 Å². The van der Waals surface area contributed by atoms with E-state index in [1.165, 1.54) is 30.3 Å². The molecule has 7 nitrogen and oxygen atoms in total. The molecule has 0 fully saturated rings. The number of carbonyl (C=O) groups is 1. The van der Waals surface area contributed by atoms with Crippen molar-refractivity contribution in [1.82, 2.24) is 16.2 Å². The van der Waals surface area contributed by atoms with Crippen LogP contribution in [0.15, 0.2) is 46.0 Å². The second-order valence-electron chi connectivity index (χ2n) is 4.55. The van der Waals surface area contributed by atoms with Crippen molar-refractivity contribution in [2.24, 2.45) is 0 Å². The molecule has 4 N–H and O–H groups in total. The van der Waals surface area contributed by atoms with Crippen LogP contribution in [0.5, 0.6) is 0 Å². The Morgan fingerprint density at radius 1 is 1.17 bits per heavy atom. The molecule has 0 unspecified atom stereocenters. The van der Waals surface area contributed by atoms with Crippen LogP contribution >= 0.6 is 23.6 Å². The number of carbonyl (C=O) groups excluding carboxylic acids is 1. The fourth-order valence-electron chi connectivity index (χ4n) is 1.70. The van der Waals surface area contributed by atoms with Gasteiger partial charge in [0.15, 0.2) is 5.11 Å².